The van der Waals surface area contributed by atoms with Crippen LogP contribution in [0.25, 0.3) is 0 Å². The molecule has 0 bridgehead atoms. The van der Waals surface area contributed by atoms with Crippen LogP contribution in [0.2, 0.25) is 0 Å². The first kappa shape index (κ1) is 10.8. The van der Waals surface area contributed by atoms with Gasteiger partial charge in [-0.25, -0.2) is 0 Å². The van der Waals surface area contributed by atoms with Crippen molar-refractivity contribution in [2.45, 2.75) is 25.9 Å². The van der Waals surface area contributed by atoms with E-state index in [0.717, 1.165) is 11.4 Å². The molecule has 2 aromatic rings. The van der Waals surface area contributed by atoms with E-state index in [9.17, 15) is 0 Å². The highest BCUT2D eigenvalue weighted by molar-refractivity contribution is 5.10. The predicted octanol–water partition coefficient (Wildman–Crippen LogP) is 2.22. The van der Waals surface area contributed by atoms with Gasteiger partial charge in [0.25, 0.3) is 0 Å². The minimum Gasteiger partial charge on any atom is -0.301 e. The van der Waals surface area contributed by atoms with Crippen molar-refractivity contribution in [2.24, 2.45) is 0 Å². The Kier molecular flexibility index (Phi) is 3.31. The van der Waals surface area contributed by atoms with E-state index >= 15 is 0 Å². The number of hydrogen-bond acceptors (Lipinski definition) is 3. The average Bonchev–Trinajstić information content (AvgIpc) is 2.83. The molecule has 84 valence electrons. The summed E-state index contributed by atoms with van der Waals surface area (Å²) in [5, 5.41) is 10.4. The van der Waals surface area contributed by atoms with Gasteiger partial charge in [0.05, 0.1) is 11.4 Å². The normalized spacial score (nSPS) is 14.6. The van der Waals surface area contributed by atoms with Crippen LogP contribution in [0.15, 0.2) is 36.7 Å². The minimum absolute atomic E-state index is 0.222. The standard InChI is InChI=1S/C12H16N4/c1-9(11-5-3-4-7-13-11)15-10(2)12-6-8-14-16-12/h3-10,15H,1-2H3,(H,14,16)/t9-,10?/m0/s1. The van der Waals surface area contributed by atoms with Gasteiger partial charge in [0.2, 0.25) is 0 Å². The van der Waals surface area contributed by atoms with Gasteiger partial charge in [-0.3, -0.25) is 10.1 Å². The van der Waals surface area contributed by atoms with Crippen LogP contribution in [0.5, 0.6) is 0 Å². The van der Waals surface area contributed by atoms with E-state index in [1.54, 1.807) is 6.20 Å². The van der Waals surface area contributed by atoms with Crippen molar-refractivity contribution in [1.29, 1.82) is 0 Å². The fourth-order valence-corrected chi connectivity index (χ4v) is 1.69. The summed E-state index contributed by atoms with van der Waals surface area (Å²) in [7, 11) is 0. The molecular formula is C12H16N4. The average molecular weight is 216 g/mol. The Hall–Kier alpha value is -1.68. The maximum absolute atomic E-state index is 4.32. The van der Waals surface area contributed by atoms with Crippen LogP contribution in [0, 0.1) is 0 Å². The molecule has 16 heavy (non-hydrogen) atoms. The van der Waals surface area contributed by atoms with E-state index in [4.69, 9.17) is 0 Å². The molecule has 2 rings (SSSR count). The molecular weight excluding hydrogens is 200 g/mol. The SMILES string of the molecule is CC(N[C@@H](C)c1ccccn1)c1ccn[nH]1. The third kappa shape index (κ3) is 2.46. The fraction of sp³-hybridized carbons (Fsp3) is 0.333. The molecule has 2 aromatic heterocycles. The Morgan fingerprint density at radius 1 is 1.12 bits per heavy atom. The molecule has 0 aromatic carbocycles. The van der Waals surface area contributed by atoms with Gasteiger partial charge in [-0.15, -0.1) is 0 Å². The lowest BCUT2D eigenvalue weighted by Gasteiger charge is -2.18. The van der Waals surface area contributed by atoms with Crippen LogP contribution in [0.3, 0.4) is 0 Å². The maximum Gasteiger partial charge on any atom is 0.0570 e. The molecule has 0 aliphatic rings. The number of H-pyrrole nitrogens is 1. The van der Waals surface area contributed by atoms with Crippen LogP contribution in [-0.2, 0) is 0 Å². The number of rotatable bonds is 4. The first-order valence-electron chi connectivity index (χ1n) is 5.43. The molecule has 2 heterocycles. The second kappa shape index (κ2) is 4.90. The number of aromatic nitrogens is 3. The monoisotopic (exact) mass is 216 g/mol. The van der Waals surface area contributed by atoms with E-state index in [-0.39, 0.29) is 12.1 Å². The first-order chi connectivity index (χ1) is 7.77. The lowest BCUT2D eigenvalue weighted by molar-refractivity contribution is 0.478. The van der Waals surface area contributed by atoms with Crippen LogP contribution < -0.4 is 5.32 Å². The largest absolute Gasteiger partial charge is 0.301 e. The van der Waals surface area contributed by atoms with E-state index in [1.165, 1.54) is 0 Å². The Bertz CT molecular complexity index is 410. The van der Waals surface area contributed by atoms with E-state index < -0.39 is 0 Å². The summed E-state index contributed by atoms with van der Waals surface area (Å²) in [4.78, 5) is 4.32. The van der Waals surface area contributed by atoms with Gasteiger partial charge < -0.3 is 5.32 Å². The van der Waals surface area contributed by atoms with Crippen molar-refractivity contribution in [3.63, 3.8) is 0 Å². The number of nitrogens with zero attached hydrogens (tertiary/aromatic N) is 2. The van der Waals surface area contributed by atoms with E-state index in [0.29, 0.717) is 0 Å². The van der Waals surface area contributed by atoms with Gasteiger partial charge in [-0.2, -0.15) is 5.10 Å². The zero-order chi connectivity index (χ0) is 11.4. The van der Waals surface area contributed by atoms with Gasteiger partial charge in [0, 0.05) is 24.5 Å². The first-order valence-corrected chi connectivity index (χ1v) is 5.43. The smallest absolute Gasteiger partial charge is 0.0570 e. The zero-order valence-corrected chi connectivity index (χ0v) is 9.51. The van der Waals surface area contributed by atoms with E-state index in [1.807, 2.05) is 30.5 Å². The summed E-state index contributed by atoms with van der Waals surface area (Å²) in [6.07, 6.45) is 3.58. The fourth-order valence-electron chi connectivity index (χ4n) is 1.69. The highest BCUT2D eigenvalue weighted by Gasteiger charge is 2.12. The molecule has 0 radical (unpaired) electrons. The highest BCUT2D eigenvalue weighted by atomic mass is 15.1. The second-order valence-corrected chi connectivity index (χ2v) is 3.88. The molecule has 2 N–H and O–H groups in total. The van der Waals surface area contributed by atoms with Gasteiger partial charge in [0.1, 0.15) is 0 Å². The molecule has 0 saturated heterocycles. The molecule has 4 nitrogen and oxygen atoms in total. The summed E-state index contributed by atoms with van der Waals surface area (Å²) in [6, 6.07) is 8.38. The van der Waals surface area contributed by atoms with Crippen molar-refractivity contribution in [3.05, 3.63) is 48.0 Å². The Balaban J connectivity index is 2.00. The van der Waals surface area contributed by atoms with Crippen molar-refractivity contribution in [3.8, 4) is 0 Å². The molecule has 0 aliphatic heterocycles. The van der Waals surface area contributed by atoms with Crippen LogP contribution in [0.1, 0.15) is 37.3 Å². The van der Waals surface area contributed by atoms with Gasteiger partial charge in [-0.1, -0.05) is 6.07 Å². The second-order valence-electron chi connectivity index (χ2n) is 3.88. The van der Waals surface area contributed by atoms with Crippen LogP contribution in [0.4, 0.5) is 0 Å². The van der Waals surface area contributed by atoms with E-state index in [2.05, 4.69) is 34.3 Å². The zero-order valence-electron chi connectivity index (χ0n) is 9.51. The molecule has 0 aliphatic carbocycles. The molecule has 0 fully saturated rings. The quantitative estimate of drug-likeness (QED) is 0.824. The minimum atomic E-state index is 0.222. The van der Waals surface area contributed by atoms with Crippen molar-refractivity contribution in [1.82, 2.24) is 20.5 Å². The Morgan fingerprint density at radius 3 is 2.62 bits per heavy atom. The summed E-state index contributed by atoms with van der Waals surface area (Å²) in [6.45, 7) is 4.21. The van der Waals surface area contributed by atoms with Gasteiger partial charge in [-0.05, 0) is 32.0 Å². The summed E-state index contributed by atoms with van der Waals surface area (Å²) < 4.78 is 0. The molecule has 4 heteroatoms. The van der Waals surface area contributed by atoms with Crippen LogP contribution >= 0.6 is 0 Å². The topological polar surface area (TPSA) is 53.6 Å². The number of nitrogens with one attached hydrogen (secondary N) is 2. The third-order valence-electron chi connectivity index (χ3n) is 2.62. The summed E-state index contributed by atoms with van der Waals surface area (Å²) in [5.41, 5.74) is 2.14. The van der Waals surface area contributed by atoms with Gasteiger partial charge >= 0.3 is 0 Å². The summed E-state index contributed by atoms with van der Waals surface area (Å²) in [5.74, 6) is 0. The highest BCUT2D eigenvalue weighted by Crippen LogP contribution is 2.15. The molecule has 0 spiro atoms. The van der Waals surface area contributed by atoms with Crippen molar-refractivity contribution in [2.75, 3.05) is 0 Å². The third-order valence-corrected chi connectivity index (χ3v) is 2.62. The number of aromatic amines is 1. The Morgan fingerprint density at radius 2 is 2.00 bits per heavy atom. The predicted molar refractivity (Wildman–Crippen MR) is 62.8 cm³/mol. The Labute approximate surface area is 95.1 Å². The summed E-state index contributed by atoms with van der Waals surface area (Å²) >= 11 is 0. The molecule has 0 saturated carbocycles. The van der Waals surface area contributed by atoms with Gasteiger partial charge in [0.15, 0.2) is 0 Å². The van der Waals surface area contributed by atoms with Crippen LogP contribution in [-0.4, -0.2) is 15.2 Å². The molecule has 0 amide bonds. The lowest BCUT2D eigenvalue weighted by Crippen LogP contribution is -2.23. The maximum atomic E-state index is 4.32. The number of pyridine rings is 1. The van der Waals surface area contributed by atoms with Crippen molar-refractivity contribution >= 4 is 0 Å². The number of hydrogen-bond donors (Lipinski definition) is 2. The molecule has 2 atom stereocenters. The lowest BCUT2D eigenvalue weighted by atomic mass is 10.1. The molecule has 1 unspecified atom stereocenters. The van der Waals surface area contributed by atoms with Crippen molar-refractivity contribution < 1.29 is 0 Å².